The largest absolute Gasteiger partial charge is 0.478 e. The lowest BCUT2D eigenvalue weighted by atomic mass is 10.3. The summed E-state index contributed by atoms with van der Waals surface area (Å²) >= 11 is 0. The molecule has 0 saturated heterocycles. The third-order valence-electron chi connectivity index (χ3n) is 2.70. The third kappa shape index (κ3) is 3.26. The minimum Gasteiger partial charge on any atom is -0.478 e. The third-order valence-corrected chi connectivity index (χ3v) is 2.70. The molecule has 0 atom stereocenters. The van der Waals surface area contributed by atoms with Gasteiger partial charge in [0.1, 0.15) is 0 Å². The number of nitrogens with zero attached hydrogens (tertiary/aromatic N) is 2. The van der Waals surface area contributed by atoms with Crippen LogP contribution in [0.25, 0.3) is 0 Å². The van der Waals surface area contributed by atoms with Crippen molar-refractivity contribution < 1.29 is 4.74 Å². The molecule has 0 aromatic carbocycles. The Morgan fingerprint density at radius 2 is 2.17 bits per heavy atom. The van der Waals surface area contributed by atoms with Crippen LogP contribution < -0.4 is 10.1 Å². The zero-order chi connectivity index (χ0) is 12.8. The van der Waals surface area contributed by atoms with Gasteiger partial charge in [-0.25, -0.2) is 4.98 Å². The van der Waals surface area contributed by atoms with Crippen LogP contribution in [0.4, 0.5) is 5.69 Å². The highest BCUT2D eigenvalue weighted by Crippen LogP contribution is 2.13. The van der Waals surface area contributed by atoms with Crippen molar-refractivity contribution >= 4 is 5.69 Å². The van der Waals surface area contributed by atoms with Crippen LogP contribution >= 0.6 is 0 Å². The molecule has 0 spiro atoms. The van der Waals surface area contributed by atoms with E-state index >= 15 is 0 Å². The molecule has 2 aromatic rings. The van der Waals surface area contributed by atoms with Crippen molar-refractivity contribution in [2.45, 2.75) is 26.9 Å². The van der Waals surface area contributed by atoms with Crippen molar-refractivity contribution in [2.75, 3.05) is 11.9 Å². The Balaban J connectivity index is 1.89. The number of anilines is 1. The van der Waals surface area contributed by atoms with Crippen LogP contribution in [0.2, 0.25) is 0 Å². The summed E-state index contributed by atoms with van der Waals surface area (Å²) in [5.41, 5.74) is 2.27. The van der Waals surface area contributed by atoms with Crippen molar-refractivity contribution in [3.05, 3.63) is 42.4 Å². The Morgan fingerprint density at radius 1 is 1.28 bits per heavy atom. The van der Waals surface area contributed by atoms with Crippen molar-refractivity contribution in [1.29, 1.82) is 0 Å². The maximum absolute atomic E-state index is 5.30. The van der Waals surface area contributed by atoms with Gasteiger partial charge in [0.2, 0.25) is 5.88 Å². The molecule has 2 heterocycles. The maximum Gasteiger partial charge on any atom is 0.213 e. The molecular formula is C14H19N3O. The summed E-state index contributed by atoms with van der Waals surface area (Å²) in [6.07, 6.45) is 6.03. The molecule has 0 unspecified atom stereocenters. The lowest BCUT2D eigenvalue weighted by Crippen LogP contribution is -2.00. The predicted octanol–water partition coefficient (Wildman–Crippen LogP) is 2.91. The number of hydrogen-bond donors (Lipinski definition) is 1. The lowest BCUT2D eigenvalue weighted by Gasteiger charge is -2.06. The average molecular weight is 245 g/mol. The first kappa shape index (κ1) is 12.5. The van der Waals surface area contributed by atoms with Crippen LogP contribution in [0.15, 0.2) is 36.8 Å². The summed E-state index contributed by atoms with van der Waals surface area (Å²) < 4.78 is 7.46. The van der Waals surface area contributed by atoms with Gasteiger partial charge in [0.05, 0.1) is 18.5 Å². The first-order valence-corrected chi connectivity index (χ1v) is 6.29. The molecule has 18 heavy (non-hydrogen) atoms. The Bertz CT molecular complexity index is 476. The van der Waals surface area contributed by atoms with Crippen molar-refractivity contribution in [3.63, 3.8) is 0 Å². The van der Waals surface area contributed by atoms with Gasteiger partial charge < -0.3 is 14.6 Å². The van der Waals surface area contributed by atoms with E-state index in [9.17, 15) is 0 Å². The molecular weight excluding hydrogens is 226 g/mol. The van der Waals surface area contributed by atoms with E-state index in [2.05, 4.69) is 40.3 Å². The van der Waals surface area contributed by atoms with Gasteiger partial charge in [-0.2, -0.15) is 0 Å². The molecule has 2 rings (SSSR count). The monoisotopic (exact) mass is 245 g/mol. The molecule has 0 aliphatic heterocycles. The first-order chi connectivity index (χ1) is 8.81. The quantitative estimate of drug-likeness (QED) is 0.850. The van der Waals surface area contributed by atoms with Gasteiger partial charge in [0, 0.05) is 31.5 Å². The molecule has 4 heteroatoms. The van der Waals surface area contributed by atoms with Crippen LogP contribution in [-0.2, 0) is 13.1 Å². The summed E-state index contributed by atoms with van der Waals surface area (Å²) in [5.74, 6) is 0.667. The molecule has 0 radical (unpaired) electrons. The minimum atomic E-state index is 0.643. The minimum absolute atomic E-state index is 0.643. The summed E-state index contributed by atoms with van der Waals surface area (Å²) in [6, 6.07) is 5.98. The highest BCUT2D eigenvalue weighted by molar-refractivity contribution is 5.42. The van der Waals surface area contributed by atoms with Gasteiger partial charge in [0.15, 0.2) is 0 Å². The van der Waals surface area contributed by atoms with Gasteiger partial charge in [-0.1, -0.05) is 0 Å². The van der Waals surface area contributed by atoms with Crippen LogP contribution in [0.3, 0.4) is 0 Å². The molecule has 0 amide bonds. The lowest BCUT2D eigenvalue weighted by molar-refractivity contribution is 0.327. The standard InChI is InChI=1S/C14H19N3O/c1-3-17-8-7-12(11-17)9-15-13-5-6-14(16-10-13)18-4-2/h5-8,10-11,15H,3-4,9H2,1-2H3. The first-order valence-electron chi connectivity index (χ1n) is 6.29. The van der Waals surface area contributed by atoms with Gasteiger partial charge in [-0.05, 0) is 31.5 Å². The zero-order valence-electron chi connectivity index (χ0n) is 10.9. The topological polar surface area (TPSA) is 39.1 Å². The molecule has 2 aromatic heterocycles. The Hall–Kier alpha value is -1.97. The van der Waals surface area contributed by atoms with Crippen molar-refractivity contribution in [2.24, 2.45) is 0 Å². The molecule has 0 aliphatic rings. The number of rotatable bonds is 6. The molecule has 4 nitrogen and oxygen atoms in total. The average Bonchev–Trinajstić information content (AvgIpc) is 2.86. The Morgan fingerprint density at radius 3 is 2.78 bits per heavy atom. The SMILES string of the molecule is CCOc1ccc(NCc2ccn(CC)c2)cn1. The van der Waals surface area contributed by atoms with Crippen molar-refractivity contribution in [3.8, 4) is 5.88 Å². The number of hydrogen-bond acceptors (Lipinski definition) is 3. The molecule has 0 bridgehead atoms. The number of nitrogens with one attached hydrogen (secondary N) is 1. The zero-order valence-corrected chi connectivity index (χ0v) is 10.9. The number of aromatic nitrogens is 2. The number of pyridine rings is 1. The summed E-state index contributed by atoms with van der Waals surface area (Å²) in [4.78, 5) is 4.21. The molecule has 0 aliphatic carbocycles. The van der Waals surface area contributed by atoms with Crippen LogP contribution in [0.5, 0.6) is 5.88 Å². The second kappa shape index (κ2) is 6.10. The van der Waals surface area contributed by atoms with E-state index in [0.717, 1.165) is 18.8 Å². The van der Waals surface area contributed by atoms with Crippen molar-refractivity contribution in [1.82, 2.24) is 9.55 Å². The van der Waals surface area contributed by atoms with E-state index in [1.54, 1.807) is 6.20 Å². The number of ether oxygens (including phenoxy) is 1. The van der Waals surface area contributed by atoms with Gasteiger partial charge >= 0.3 is 0 Å². The molecule has 96 valence electrons. The van der Waals surface area contributed by atoms with Crippen LogP contribution in [0, 0.1) is 0 Å². The summed E-state index contributed by atoms with van der Waals surface area (Å²) in [6.45, 7) is 6.54. The van der Waals surface area contributed by atoms with Gasteiger partial charge in [0.25, 0.3) is 0 Å². The fraction of sp³-hybridized carbons (Fsp3) is 0.357. The second-order valence-electron chi connectivity index (χ2n) is 4.02. The smallest absolute Gasteiger partial charge is 0.213 e. The predicted molar refractivity (Wildman–Crippen MR) is 72.8 cm³/mol. The fourth-order valence-corrected chi connectivity index (χ4v) is 1.71. The number of aryl methyl sites for hydroxylation is 1. The van der Waals surface area contributed by atoms with E-state index in [1.807, 2.05) is 19.1 Å². The van der Waals surface area contributed by atoms with E-state index in [4.69, 9.17) is 4.74 Å². The molecule has 0 fully saturated rings. The second-order valence-corrected chi connectivity index (χ2v) is 4.02. The fourth-order valence-electron chi connectivity index (χ4n) is 1.71. The Kier molecular flexibility index (Phi) is 4.23. The van der Waals surface area contributed by atoms with Crippen LogP contribution in [0.1, 0.15) is 19.4 Å². The van der Waals surface area contributed by atoms with Crippen LogP contribution in [-0.4, -0.2) is 16.2 Å². The highest BCUT2D eigenvalue weighted by Gasteiger charge is 1.98. The molecule has 0 saturated carbocycles. The highest BCUT2D eigenvalue weighted by atomic mass is 16.5. The van der Waals surface area contributed by atoms with E-state index in [0.29, 0.717) is 12.5 Å². The van der Waals surface area contributed by atoms with E-state index in [1.165, 1.54) is 5.56 Å². The van der Waals surface area contributed by atoms with Gasteiger partial charge in [-0.3, -0.25) is 0 Å². The van der Waals surface area contributed by atoms with E-state index < -0.39 is 0 Å². The summed E-state index contributed by atoms with van der Waals surface area (Å²) in [7, 11) is 0. The molecule has 1 N–H and O–H groups in total. The normalized spacial score (nSPS) is 10.3. The summed E-state index contributed by atoms with van der Waals surface area (Å²) in [5, 5.41) is 3.34. The van der Waals surface area contributed by atoms with Gasteiger partial charge in [-0.15, -0.1) is 0 Å². The maximum atomic E-state index is 5.30. The Labute approximate surface area is 108 Å². The van der Waals surface area contributed by atoms with E-state index in [-0.39, 0.29) is 0 Å².